The highest BCUT2D eigenvalue weighted by molar-refractivity contribution is 5.53. The number of methoxy groups -OCH3 is 1. The molecule has 1 saturated heterocycles. The van der Waals surface area contributed by atoms with Gasteiger partial charge in [0.05, 0.1) is 38.0 Å². The molecule has 2 rings (SSSR count). The van der Waals surface area contributed by atoms with Gasteiger partial charge in [-0.3, -0.25) is 0 Å². The summed E-state index contributed by atoms with van der Waals surface area (Å²) in [6, 6.07) is 5.12. The van der Waals surface area contributed by atoms with Gasteiger partial charge in [0.1, 0.15) is 0 Å². The van der Waals surface area contributed by atoms with Crippen LogP contribution in [0.15, 0.2) is 12.1 Å². The van der Waals surface area contributed by atoms with Crippen molar-refractivity contribution in [3.05, 3.63) is 23.3 Å². The van der Waals surface area contributed by atoms with Crippen LogP contribution >= 0.6 is 0 Å². The van der Waals surface area contributed by atoms with E-state index in [0.29, 0.717) is 30.1 Å². The van der Waals surface area contributed by atoms with E-state index in [-0.39, 0.29) is 11.8 Å². The maximum Gasteiger partial charge on any atom is 0.162 e. The fourth-order valence-electron chi connectivity index (χ4n) is 1.88. The number of benzene rings is 1. The van der Waals surface area contributed by atoms with Gasteiger partial charge in [-0.05, 0) is 6.07 Å². The Bertz CT molecular complexity index is 448. The standard InChI is InChI=1S/C12H14N2O3/c1-16-11-5-8(6-13)4-9(12(11)15)10-7-17-3-2-14-10/h4-5,10,14-15H,2-3,7H2,1H3/t10-/m0/s1. The molecule has 1 fully saturated rings. The van der Waals surface area contributed by atoms with Gasteiger partial charge >= 0.3 is 0 Å². The first-order valence-electron chi connectivity index (χ1n) is 5.38. The molecular formula is C12H14N2O3. The van der Waals surface area contributed by atoms with Crippen LogP contribution in [0.5, 0.6) is 11.5 Å². The van der Waals surface area contributed by atoms with Crippen molar-refractivity contribution < 1.29 is 14.6 Å². The molecule has 5 heteroatoms. The van der Waals surface area contributed by atoms with Gasteiger partial charge in [-0.2, -0.15) is 5.26 Å². The van der Waals surface area contributed by atoms with Gasteiger partial charge in [-0.15, -0.1) is 0 Å². The second-order valence-corrected chi connectivity index (χ2v) is 3.81. The van der Waals surface area contributed by atoms with Crippen molar-refractivity contribution in [1.82, 2.24) is 5.32 Å². The van der Waals surface area contributed by atoms with Crippen molar-refractivity contribution >= 4 is 0 Å². The van der Waals surface area contributed by atoms with Gasteiger partial charge in [0.15, 0.2) is 11.5 Å². The minimum Gasteiger partial charge on any atom is -0.504 e. The van der Waals surface area contributed by atoms with Crippen molar-refractivity contribution in [2.24, 2.45) is 0 Å². The number of ether oxygens (including phenoxy) is 2. The fraction of sp³-hybridized carbons (Fsp3) is 0.417. The number of nitrogens with one attached hydrogen (secondary N) is 1. The number of morpholine rings is 1. The van der Waals surface area contributed by atoms with E-state index in [2.05, 4.69) is 5.32 Å². The summed E-state index contributed by atoms with van der Waals surface area (Å²) in [7, 11) is 1.46. The molecule has 0 amide bonds. The lowest BCUT2D eigenvalue weighted by Gasteiger charge is -2.25. The average Bonchev–Trinajstić information content (AvgIpc) is 2.40. The summed E-state index contributed by atoms with van der Waals surface area (Å²) in [6.45, 7) is 1.86. The lowest BCUT2D eigenvalue weighted by molar-refractivity contribution is 0.0759. The van der Waals surface area contributed by atoms with E-state index in [0.717, 1.165) is 6.54 Å². The Hall–Kier alpha value is -1.77. The second-order valence-electron chi connectivity index (χ2n) is 3.81. The normalized spacial score (nSPS) is 19.6. The summed E-state index contributed by atoms with van der Waals surface area (Å²) >= 11 is 0. The smallest absolute Gasteiger partial charge is 0.162 e. The quantitative estimate of drug-likeness (QED) is 0.796. The van der Waals surface area contributed by atoms with Crippen molar-refractivity contribution in [2.75, 3.05) is 26.9 Å². The molecule has 0 saturated carbocycles. The molecule has 0 aliphatic carbocycles. The Labute approximate surface area is 99.6 Å². The van der Waals surface area contributed by atoms with Gasteiger partial charge in [0, 0.05) is 18.2 Å². The lowest BCUT2D eigenvalue weighted by Crippen LogP contribution is -2.34. The minimum absolute atomic E-state index is 0.0644. The maximum atomic E-state index is 10.0. The summed E-state index contributed by atoms with van der Waals surface area (Å²) in [5.41, 5.74) is 1.10. The predicted octanol–water partition coefficient (Wildman–Crippen LogP) is 0.933. The highest BCUT2D eigenvalue weighted by Gasteiger charge is 2.21. The Kier molecular flexibility index (Phi) is 3.47. The average molecular weight is 234 g/mol. The molecule has 90 valence electrons. The number of nitrogens with zero attached hydrogens (tertiary/aromatic N) is 1. The SMILES string of the molecule is COc1cc(C#N)cc([C@@H]2COCCN2)c1O. The number of rotatable bonds is 2. The van der Waals surface area contributed by atoms with Crippen LogP contribution in [0.25, 0.3) is 0 Å². The Morgan fingerprint density at radius 1 is 1.59 bits per heavy atom. The highest BCUT2D eigenvalue weighted by atomic mass is 16.5. The molecule has 0 aromatic heterocycles. The second kappa shape index (κ2) is 5.04. The van der Waals surface area contributed by atoms with Crippen LogP contribution < -0.4 is 10.1 Å². The van der Waals surface area contributed by atoms with Crippen LogP contribution in [0, 0.1) is 11.3 Å². The van der Waals surface area contributed by atoms with Gasteiger partial charge in [-0.25, -0.2) is 0 Å². The molecule has 1 aliphatic rings. The first kappa shape index (κ1) is 11.7. The maximum absolute atomic E-state index is 10.0. The van der Waals surface area contributed by atoms with E-state index >= 15 is 0 Å². The Balaban J connectivity index is 2.40. The van der Waals surface area contributed by atoms with Crippen LogP contribution in [-0.4, -0.2) is 32.0 Å². The molecule has 17 heavy (non-hydrogen) atoms. The summed E-state index contributed by atoms with van der Waals surface area (Å²) < 4.78 is 10.4. The van der Waals surface area contributed by atoms with E-state index < -0.39 is 0 Å². The number of phenols is 1. The van der Waals surface area contributed by atoms with Crippen LogP contribution in [0.4, 0.5) is 0 Å². The molecule has 1 heterocycles. The number of hydrogen-bond acceptors (Lipinski definition) is 5. The lowest BCUT2D eigenvalue weighted by atomic mass is 10.0. The van der Waals surface area contributed by atoms with Gasteiger partial charge < -0.3 is 19.9 Å². The molecule has 0 unspecified atom stereocenters. The summed E-state index contributed by atoms with van der Waals surface area (Å²) in [5.74, 6) is 0.376. The van der Waals surface area contributed by atoms with Crippen molar-refractivity contribution in [2.45, 2.75) is 6.04 Å². The number of aromatic hydroxyl groups is 1. The third kappa shape index (κ3) is 2.33. The zero-order valence-corrected chi connectivity index (χ0v) is 9.56. The van der Waals surface area contributed by atoms with Gasteiger partial charge in [0.25, 0.3) is 0 Å². The molecular weight excluding hydrogens is 220 g/mol. The predicted molar refractivity (Wildman–Crippen MR) is 60.9 cm³/mol. The first-order valence-corrected chi connectivity index (χ1v) is 5.38. The minimum atomic E-state index is -0.106. The Morgan fingerprint density at radius 2 is 2.41 bits per heavy atom. The zero-order valence-electron chi connectivity index (χ0n) is 9.56. The molecule has 1 aromatic carbocycles. The van der Waals surface area contributed by atoms with Crippen molar-refractivity contribution in [3.8, 4) is 17.6 Å². The summed E-state index contributed by atoms with van der Waals surface area (Å²) in [5, 5.41) is 22.2. The van der Waals surface area contributed by atoms with E-state index in [1.54, 1.807) is 6.07 Å². The third-order valence-electron chi connectivity index (χ3n) is 2.75. The highest BCUT2D eigenvalue weighted by Crippen LogP contribution is 2.35. The summed E-state index contributed by atoms with van der Waals surface area (Å²) in [6.07, 6.45) is 0. The van der Waals surface area contributed by atoms with E-state index in [1.807, 2.05) is 6.07 Å². The zero-order chi connectivity index (χ0) is 12.3. The molecule has 1 atom stereocenters. The monoisotopic (exact) mass is 234 g/mol. The van der Waals surface area contributed by atoms with Crippen LogP contribution in [0.3, 0.4) is 0 Å². The number of phenolic OH excluding ortho intramolecular Hbond substituents is 1. The van der Waals surface area contributed by atoms with E-state index in [4.69, 9.17) is 14.7 Å². The fourth-order valence-corrected chi connectivity index (χ4v) is 1.88. The van der Waals surface area contributed by atoms with Crippen LogP contribution in [0.2, 0.25) is 0 Å². The molecule has 1 aromatic rings. The molecule has 5 nitrogen and oxygen atoms in total. The van der Waals surface area contributed by atoms with Crippen molar-refractivity contribution in [1.29, 1.82) is 5.26 Å². The number of nitriles is 1. The largest absolute Gasteiger partial charge is 0.504 e. The van der Waals surface area contributed by atoms with Gasteiger partial charge in [0.2, 0.25) is 0 Å². The van der Waals surface area contributed by atoms with Crippen LogP contribution in [0.1, 0.15) is 17.2 Å². The van der Waals surface area contributed by atoms with Crippen molar-refractivity contribution in [3.63, 3.8) is 0 Å². The third-order valence-corrected chi connectivity index (χ3v) is 2.75. The molecule has 0 bridgehead atoms. The molecule has 1 aliphatic heterocycles. The Morgan fingerprint density at radius 3 is 3.00 bits per heavy atom. The van der Waals surface area contributed by atoms with E-state index in [9.17, 15) is 5.11 Å². The first-order chi connectivity index (χ1) is 8.26. The summed E-state index contributed by atoms with van der Waals surface area (Å²) in [4.78, 5) is 0. The topological polar surface area (TPSA) is 74.5 Å². The molecule has 0 spiro atoms. The number of hydrogen-bond donors (Lipinski definition) is 2. The molecule has 0 radical (unpaired) electrons. The molecule has 2 N–H and O–H groups in total. The van der Waals surface area contributed by atoms with E-state index in [1.165, 1.54) is 13.2 Å². The van der Waals surface area contributed by atoms with Crippen LogP contribution in [-0.2, 0) is 4.74 Å². The van der Waals surface area contributed by atoms with Gasteiger partial charge in [-0.1, -0.05) is 0 Å².